The summed E-state index contributed by atoms with van der Waals surface area (Å²) in [6.07, 6.45) is 2.29. The van der Waals surface area contributed by atoms with Crippen LogP contribution in [-0.4, -0.2) is 130 Å². The molecule has 38 heavy (non-hydrogen) atoms. The van der Waals surface area contributed by atoms with Gasteiger partial charge in [0.2, 0.25) is 0 Å². The molecule has 0 N–H and O–H groups in total. The molecule has 1 rings (SSSR count). The van der Waals surface area contributed by atoms with Gasteiger partial charge in [-0.1, -0.05) is 6.92 Å². The summed E-state index contributed by atoms with van der Waals surface area (Å²) < 4.78 is 17.3. The van der Waals surface area contributed by atoms with Crippen LogP contribution in [0.2, 0.25) is 0 Å². The van der Waals surface area contributed by atoms with Crippen LogP contribution in [-0.2, 0) is 38.2 Å². The molecule has 3 atom stereocenters. The van der Waals surface area contributed by atoms with E-state index in [-0.39, 0.29) is 39.2 Å². The van der Waals surface area contributed by atoms with Crippen LogP contribution in [0, 0.1) is 11.8 Å². The fourth-order valence-electron chi connectivity index (χ4n) is 3.37. The van der Waals surface area contributed by atoms with Gasteiger partial charge in [-0.2, -0.15) is 0 Å². The van der Waals surface area contributed by atoms with Gasteiger partial charge in [-0.05, 0) is 19.8 Å². The van der Waals surface area contributed by atoms with E-state index in [0.29, 0.717) is 22.1 Å². The maximum absolute atomic E-state index is 12.9. The first-order chi connectivity index (χ1) is 17.6. The third-order valence-electron chi connectivity index (χ3n) is 6.38. The average molecular weight is 562 g/mol. The van der Waals surface area contributed by atoms with E-state index in [1.165, 1.54) is 0 Å². The zero-order valence-corrected chi connectivity index (χ0v) is 24.5. The molecular weight excluding hydrogens is 518 g/mol. The molecule has 12 heteroatoms. The Morgan fingerprint density at radius 1 is 0.842 bits per heavy atom. The quantitative estimate of drug-likeness (QED) is 0.0848. The van der Waals surface area contributed by atoms with E-state index in [1.807, 2.05) is 42.2 Å². The molecule has 1 aliphatic rings. The normalized spacial score (nSPS) is 16.3. The fourth-order valence-corrected chi connectivity index (χ4v) is 3.65. The number of carbonyl (C=O) groups excluding carboxylic acids is 5. The molecule has 0 fully saturated rings. The van der Waals surface area contributed by atoms with Gasteiger partial charge in [-0.25, -0.2) is 0 Å². The van der Waals surface area contributed by atoms with Gasteiger partial charge >= 0.3 is 17.9 Å². The average Bonchev–Trinajstić information content (AvgIpc) is 3.14. The number of carbonyl (C=O) groups is 5. The van der Waals surface area contributed by atoms with Gasteiger partial charge < -0.3 is 23.2 Å². The van der Waals surface area contributed by atoms with Crippen molar-refractivity contribution in [3.05, 3.63) is 12.2 Å². The predicted molar refractivity (Wildman–Crippen MR) is 141 cm³/mol. The Balaban J connectivity index is 2.72. The summed E-state index contributed by atoms with van der Waals surface area (Å²) in [5.41, 5.74) is 0. The highest BCUT2D eigenvalue weighted by molar-refractivity contribution is 6.30. The van der Waals surface area contributed by atoms with Crippen LogP contribution in [0.15, 0.2) is 12.2 Å². The largest absolute Gasteiger partial charge is 0.464 e. The Kier molecular flexibility index (Phi) is 13.4. The predicted octanol–water partition coefficient (Wildman–Crippen LogP) is 0.983. The topological polar surface area (TPSA) is 116 Å². The van der Waals surface area contributed by atoms with Crippen molar-refractivity contribution in [2.75, 3.05) is 81.2 Å². The number of hydrogen-bond acceptors (Lipinski definition) is 8. The number of rotatable bonds is 17. The van der Waals surface area contributed by atoms with Gasteiger partial charge in [0, 0.05) is 12.2 Å². The van der Waals surface area contributed by atoms with Crippen molar-refractivity contribution in [1.29, 1.82) is 0 Å². The van der Waals surface area contributed by atoms with Gasteiger partial charge in [0.25, 0.3) is 11.8 Å². The maximum atomic E-state index is 12.9. The van der Waals surface area contributed by atoms with Crippen molar-refractivity contribution in [1.82, 2.24) is 4.90 Å². The van der Waals surface area contributed by atoms with Gasteiger partial charge in [-0.3, -0.25) is 28.9 Å². The van der Waals surface area contributed by atoms with Crippen LogP contribution in [0.3, 0.4) is 0 Å². The summed E-state index contributed by atoms with van der Waals surface area (Å²) in [4.78, 5) is 62.2. The molecule has 0 aromatic rings. The van der Waals surface area contributed by atoms with E-state index in [9.17, 15) is 24.0 Å². The minimum absolute atomic E-state index is 0.0431. The number of alkyl halides is 1. The molecule has 0 radical (unpaired) electrons. The number of halogens is 1. The number of esters is 3. The van der Waals surface area contributed by atoms with Crippen LogP contribution in [0.1, 0.15) is 26.7 Å². The van der Waals surface area contributed by atoms with Crippen LogP contribution < -0.4 is 0 Å². The summed E-state index contributed by atoms with van der Waals surface area (Å²) in [6, 6.07) is 0. The standard InChI is InChI=1S/C26H44ClN3O8/c1-8-30(6,7)13-16-38-26(35)21(27)18-20(25(34)37-15-12-29(3,4)5)17-19(2)24(33)36-14-11-28-22(31)9-10-23(28)32/h9-10,19-21H,8,11-18H2,1-7H3/q+2. The van der Waals surface area contributed by atoms with Crippen molar-refractivity contribution >= 4 is 41.3 Å². The van der Waals surface area contributed by atoms with Crippen LogP contribution in [0.25, 0.3) is 0 Å². The van der Waals surface area contributed by atoms with Gasteiger partial charge in [0.15, 0.2) is 0 Å². The number of likely N-dealkylation sites (N-methyl/N-ethyl adjacent to an activating group) is 2. The molecule has 0 saturated heterocycles. The number of nitrogens with zero attached hydrogens (tertiary/aromatic N) is 3. The zero-order chi connectivity index (χ0) is 29.1. The molecule has 216 valence electrons. The van der Waals surface area contributed by atoms with E-state index in [4.69, 9.17) is 25.8 Å². The molecule has 0 bridgehead atoms. The highest BCUT2D eigenvalue weighted by atomic mass is 35.5. The number of quaternary nitrogens is 2. The van der Waals surface area contributed by atoms with E-state index < -0.39 is 46.9 Å². The molecule has 3 unspecified atom stereocenters. The third-order valence-corrected chi connectivity index (χ3v) is 6.74. The maximum Gasteiger partial charge on any atom is 0.324 e. The molecule has 0 saturated carbocycles. The molecule has 0 aliphatic carbocycles. The van der Waals surface area contributed by atoms with Gasteiger partial charge in [0.1, 0.15) is 38.3 Å². The van der Waals surface area contributed by atoms with Crippen molar-refractivity contribution in [3.8, 4) is 0 Å². The number of imide groups is 1. The Hall–Kier alpha value is -2.50. The van der Waals surface area contributed by atoms with E-state index in [0.717, 1.165) is 23.6 Å². The fraction of sp³-hybridized carbons (Fsp3) is 0.731. The Morgan fingerprint density at radius 3 is 1.92 bits per heavy atom. The second kappa shape index (κ2) is 15.2. The lowest BCUT2D eigenvalue weighted by atomic mass is 9.91. The summed E-state index contributed by atoms with van der Waals surface area (Å²) >= 11 is 6.33. The minimum Gasteiger partial charge on any atom is -0.464 e. The smallest absolute Gasteiger partial charge is 0.324 e. The molecule has 2 amide bonds. The molecule has 0 spiro atoms. The second-order valence-electron chi connectivity index (χ2n) is 11.2. The van der Waals surface area contributed by atoms with Crippen LogP contribution in [0.4, 0.5) is 0 Å². The SMILES string of the molecule is CC[N+](C)(C)CCOC(=O)C(Cl)CC(CC(C)C(=O)OCCN1C(=O)C=CC1=O)C(=O)OCC[N+](C)(C)C. The molecule has 0 aromatic heterocycles. The first-order valence-electron chi connectivity index (χ1n) is 12.9. The summed E-state index contributed by atoms with van der Waals surface area (Å²) in [6.45, 7) is 5.84. The van der Waals surface area contributed by atoms with Gasteiger partial charge in [0.05, 0.1) is 60.2 Å². The minimum atomic E-state index is -1.09. The van der Waals surface area contributed by atoms with E-state index in [2.05, 4.69) is 0 Å². The van der Waals surface area contributed by atoms with E-state index >= 15 is 0 Å². The van der Waals surface area contributed by atoms with Crippen molar-refractivity contribution in [2.24, 2.45) is 11.8 Å². The van der Waals surface area contributed by atoms with Crippen molar-refractivity contribution < 1.29 is 47.1 Å². The first kappa shape index (κ1) is 33.5. The lowest BCUT2D eigenvalue weighted by molar-refractivity contribution is -0.888. The molecule has 11 nitrogen and oxygen atoms in total. The number of amides is 2. The molecule has 1 heterocycles. The van der Waals surface area contributed by atoms with Crippen LogP contribution >= 0.6 is 11.6 Å². The third kappa shape index (κ3) is 12.4. The lowest BCUT2D eigenvalue weighted by Crippen LogP contribution is -2.42. The summed E-state index contributed by atoms with van der Waals surface area (Å²) in [7, 11) is 9.93. The Morgan fingerprint density at radius 2 is 1.37 bits per heavy atom. The summed E-state index contributed by atoms with van der Waals surface area (Å²) in [5.74, 6) is -4.28. The number of hydrogen-bond donors (Lipinski definition) is 0. The Labute approximate surface area is 230 Å². The lowest BCUT2D eigenvalue weighted by Gasteiger charge is -2.28. The first-order valence-corrected chi connectivity index (χ1v) is 13.3. The second-order valence-corrected chi connectivity index (χ2v) is 11.7. The van der Waals surface area contributed by atoms with E-state index in [1.54, 1.807) is 6.92 Å². The highest BCUT2D eigenvalue weighted by Gasteiger charge is 2.32. The molecule has 1 aliphatic heterocycles. The monoisotopic (exact) mass is 561 g/mol. The highest BCUT2D eigenvalue weighted by Crippen LogP contribution is 2.23. The number of ether oxygens (including phenoxy) is 3. The van der Waals surface area contributed by atoms with Crippen LogP contribution in [0.5, 0.6) is 0 Å². The molecule has 0 aromatic carbocycles. The zero-order valence-electron chi connectivity index (χ0n) is 23.7. The molecular formula is C26H44ClN3O8+2. The van der Waals surface area contributed by atoms with Gasteiger partial charge in [-0.15, -0.1) is 11.6 Å². The van der Waals surface area contributed by atoms with Crippen molar-refractivity contribution in [3.63, 3.8) is 0 Å². The Bertz CT molecular complexity index is 866. The summed E-state index contributed by atoms with van der Waals surface area (Å²) in [5, 5.41) is -1.09. The van der Waals surface area contributed by atoms with Crippen molar-refractivity contribution in [2.45, 2.75) is 32.1 Å².